The molecular weight excluding hydrogens is 256 g/mol. The van der Waals surface area contributed by atoms with Gasteiger partial charge in [-0.05, 0) is 24.3 Å². The van der Waals surface area contributed by atoms with Crippen LogP contribution in [-0.4, -0.2) is 24.0 Å². The molecule has 6 heteroatoms. The predicted octanol–water partition coefficient (Wildman–Crippen LogP) is 1.90. The molecule has 1 aromatic heterocycles. The largest absolute Gasteiger partial charge is 0.497 e. The van der Waals surface area contributed by atoms with Gasteiger partial charge in [-0.25, -0.2) is 0 Å². The lowest BCUT2D eigenvalue weighted by molar-refractivity contribution is 0.409. The normalized spacial score (nSPS) is 10.2. The lowest BCUT2D eigenvalue weighted by Crippen LogP contribution is -2.21. The Morgan fingerprint density at radius 3 is 2.39 bits per heavy atom. The molecule has 18 heavy (non-hydrogen) atoms. The summed E-state index contributed by atoms with van der Waals surface area (Å²) in [4.78, 5) is 12.0. The zero-order chi connectivity index (χ0) is 13.1. The Balaban J connectivity index is 2.51. The maximum absolute atomic E-state index is 12.0. The van der Waals surface area contributed by atoms with E-state index in [9.17, 15) is 4.79 Å². The van der Waals surface area contributed by atoms with Gasteiger partial charge >= 0.3 is 0 Å². The van der Waals surface area contributed by atoms with Gasteiger partial charge in [0.2, 0.25) is 0 Å². The van der Waals surface area contributed by atoms with Crippen LogP contribution in [0, 0.1) is 0 Å². The molecule has 1 aromatic carbocycles. The quantitative estimate of drug-likeness (QED) is 0.851. The number of hydrogen-bond donors (Lipinski definition) is 0. The summed E-state index contributed by atoms with van der Waals surface area (Å²) < 4.78 is 11.2. The topological polar surface area (TPSA) is 53.4 Å². The van der Waals surface area contributed by atoms with E-state index in [1.165, 1.54) is 18.0 Å². The monoisotopic (exact) mass is 266 g/mol. The number of benzene rings is 1. The van der Waals surface area contributed by atoms with Crippen LogP contribution < -0.4 is 15.0 Å². The number of methoxy groups -OCH3 is 2. The molecule has 2 rings (SSSR count). The number of hydrogen-bond acceptors (Lipinski definition) is 4. The Morgan fingerprint density at radius 1 is 1.17 bits per heavy atom. The fourth-order valence-corrected chi connectivity index (χ4v) is 1.67. The van der Waals surface area contributed by atoms with Gasteiger partial charge in [0.1, 0.15) is 5.75 Å². The van der Waals surface area contributed by atoms with Crippen molar-refractivity contribution in [2.24, 2.45) is 0 Å². The SMILES string of the molecule is COc1ccc(-n2ncc(OC)c(Cl)c2=O)cc1. The van der Waals surface area contributed by atoms with Crippen molar-refractivity contribution in [1.29, 1.82) is 0 Å². The summed E-state index contributed by atoms with van der Waals surface area (Å²) in [6, 6.07) is 6.91. The van der Waals surface area contributed by atoms with Gasteiger partial charge in [-0.3, -0.25) is 4.79 Å². The minimum atomic E-state index is -0.429. The first-order valence-electron chi connectivity index (χ1n) is 5.13. The average molecular weight is 267 g/mol. The number of nitrogens with zero attached hydrogens (tertiary/aromatic N) is 2. The van der Waals surface area contributed by atoms with Gasteiger partial charge in [0.25, 0.3) is 5.56 Å². The van der Waals surface area contributed by atoms with Gasteiger partial charge < -0.3 is 9.47 Å². The molecule has 2 aromatic rings. The highest BCUT2D eigenvalue weighted by molar-refractivity contribution is 6.31. The predicted molar refractivity (Wildman–Crippen MR) is 67.9 cm³/mol. The van der Waals surface area contributed by atoms with E-state index in [4.69, 9.17) is 21.1 Å². The van der Waals surface area contributed by atoms with E-state index in [0.717, 1.165) is 0 Å². The summed E-state index contributed by atoms with van der Waals surface area (Å²) in [6.45, 7) is 0. The molecule has 0 radical (unpaired) electrons. The fourth-order valence-electron chi connectivity index (χ4n) is 1.47. The summed E-state index contributed by atoms with van der Waals surface area (Å²) in [5.74, 6) is 0.956. The zero-order valence-corrected chi connectivity index (χ0v) is 10.6. The Bertz CT molecular complexity index is 608. The third-order valence-corrected chi connectivity index (χ3v) is 2.77. The van der Waals surface area contributed by atoms with Crippen molar-refractivity contribution in [3.8, 4) is 17.2 Å². The molecule has 0 unspecified atom stereocenters. The average Bonchev–Trinajstić information content (AvgIpc) is 2.42. The van der Waals surface area contributed by atoms with Crippen LogP contribution >= 0.6 is 11.6 Å². The first-order chi connectivity index (χ1) is 8.67. The maximum Gasteiger partial charge on any atom is 0.294 e. The highest BCUT2D eigenvalue weighted by atomic mass is 35.5. The van der Waals surface area contributed by atoms with E-state index in [0.29, 0.717) is 11.4 Å². The number of ether oxygens (including phenoxy) is 2. The van der Waals surface area contributed by atoms with Crippen LogP contribution in [0.25, 0.3) is 5.69 Å². The van der Waals surface area contributed by atoms with Crippen LogP contribution in [0.1, 0.15) is 0 Å². The summed E-state index contributed by atoms with van der Waals surface area (Å²) in [6.07, 6.45) is 1.40. The fraction of sp³-hybridized carbons (Fsp3) is 0.167. The van der Waals surface area contributed by atoms with Crippen LogP contribution in [0.15, 0.2) is 35.3 Å². The highest BCUT2D eigenvalue weighted by Crippen LogP contribution is 2.19. The minimum Gasteiger partial charge on any atom is -0.497 e. The van der Waals surface area contributed by atoms with Crippen LogP contribution in [0.2, 0.25) is 5.02 Å². The Morgan fingerprint density at radius 2 is 1.83 bits per heavy atom. The molecule has 0 aliphatic rings. The van der Waals surface area contributed by atoms with E-state index in [2.05, 4.69) is 5.10 Å². The van der Waals surface area contributed by atoms with E-state index >= 15 is 0 Å². The summed E-state index contributed by atoms with van der Waals surface area (Å²) in [5, 5.41) is 3.99. The molecule has 0 aliphatic heterocycles. The van der Waals surface area contributed by atoms with E-state index in [1.807, 2.05) is 0 Å². The van der Waals surface area contributed by atoms with Gasteiger partial charge in [-0.2, -0.15) is 9.78 Å². The van der Waals surface area contributed by atoms with Crippen molar-refractivity contribution in [2.75, 3.05) is 14.2 Å². The number of halogens is 1. The standard InChI is InChI=1S/C12H11ClN2O3/c1-17-9-5-3-8(4-6-9)15-12(16)11(13)10(18-2)7-14-15/h3-7H,1-2H3. The summed E-state index contributed by atoms with van der Waals surface area (Å²) in [5.41, 5.74) is 0.173. The lowest BCUT2D eigenvalue weighted by Gasteiger charge is -2.07. The van der Waals surface area contributed by atoms with Crippen molar-refractivity contribution < 1.29 is 9.47 Å². The molecule has 0 atom stereocenters. The summed E-state index contributed by atoms with van der Waals surface area (Å²) >= 11 is 5.88. The first kappa shape index (κ1) is 12.4. The van der Waals surface area contributed by atoms with Gasteiger partial charge in [-0.15, -0.1) is 0 Å². The van der Waals surface area contributed by atoms with Crippen molar-refractivity contribution >= 4 is 11.6 Å². The van der Waals surface area contributed by atoms with Gasteiger partial charge in [-0.1, -0.05) is 11.6 Å². The first-order valence-corrected chi connectivity index (χ1v) is 5.51. The van der Waals surface area contributed by atoms with Crippen molar-refractivity contribution in [2.45, 2.75) is 0 Å². The molecule has 0 fully saturated rings. The van der Waals surface area contributed by atoms with Gasteiger partial charge in [0.15, 0.2) is 10.8 Å². The molecule has 0 amide bonds. The van der Waals surface area contributed by atoms with E-state index in [1.54, 1.807) is 31.4 Å². The second-order valence-corrected chi connectivity index (χ2v) is 3.82. The van der Waals surface area contributed by atoms with Gasteiger partial charge in [0, 0.05) is 0 Å². The van der Waals surface area contributed by atoms with E-state index in [-0.39, 0.29) is 10.8 Å². The third kappa shape index (κ3) is 2.17. The van der Waals surface area contributed by atoms with Gasteiger partial charge in [0.05, 0.1) is 26.1 Å². The minimum absolute atomic E-state index is 0.00307. The maximum atomic E-state index is 12.0. The summed E-state index contributed by atoms with van der Waals surface area (Å²) in [7, 11) is 3.00. The molecule has 1 heterocycles. The van der Waals surface area contributed by atoms with Crippen LogP contribution in [0.5, 0.6) is 11.5 Å². The lowest BCUT2D eigenvalue weighted by atomic mass is 10.3. The highest BCUT2D eigenvalue weighted by Gasteiger charge is 2.10. The number of aromatic nitrogens is 2. The molecule has 94 valence electrons. The Hall–Kier alpha value is -2.01. The van der Waals surface area contributed by atoms with Crippen molar-refractivity contribution in [1.82, 2.24) is 9.78 Å². The molecule has 0 saturated heterocycles. The molecule has 0 N–H and O–H groups in total. The second kappa shape index (κ2) is 5.10. The van der Waals surface area contributed by atoms with Crippen LogP contribution in [-0.2, 0) is 0 Å². The van der Waals surface area contributed by atoms with E-state index < -0.39 is 5.56 Å². The Labute approximate surface area is 109 Å². The molecule has 0 bridgehead atoms. The third-order valence-electron chi connectivity index (χ3n) is 2.42. The molecule has 0 spiro atoms. The molecule has 5 nitrogen and oxygen atoms in total. The van der Waals surface area contributed by atoms with Crippen molar-refractivity contribution in [3.63, 3.8) is 0 Å². The Kier molecular flexibility index (Phi) is 3.53. The molecular formula is C12H11ClN2O3. The van der Waals surface area contributed by atoms with Crippen molar-refractivity contribution in [3.05, 3.63) is 45.8 Å². The smallest absolute Gasteiger partial charge is 0.294 e. The van der Waals surface area contributed by atoms with Crippen LogP contribution in [0.4, 0.5) is 0 Å². The molecule has 0 aliphatic carbocycles. The van der Waals surface area contributed by atoms with Crippen LogP contribution in [0.3, 0.4) is 0 Å². The molecule has 0 saturated carbocycles. The second-order valence-electron chi connectivity index (χ2n) is 3.44. The number of rotatable bonds is 3. The zero-order valence-electron chi connectivity index (χ0n) is 9.88.